The molecule has 2 N–H and O–H groups in total. The highest BCUT2D eigenvalue weighted by atomic mass is 79.9. The van der Waals surface area contributed by atoms with Crippen LogP contribution in [0.25, 0.3) is 0 Å². The van der Waals surface area contributed by atoms with Crippen LogP contribution in [0.3, 0.4) is 0 Å². The largest absolute Gasteiger partial charge is 0.322 e. The lowest BCUT2D eigenvalue weighted by Gasteiger charge is -2.13. The van der Waals surface area contributed by atoms with Gasteiger partial charge in [-0.1, -0.05) is 29.8 Å². The van der Waals surface area contributed by atoms with Crippen LogP contribution in [0.1, 0.15) is 25.2 Å². The van der Waals surface area contributed by atoms with Gasteiger partial charge in [0.15, 0.2) is 0 Å². The lowest BCUT2D eigenvalue weighted by molar-refractivity contribution is -0.116. The van der Waals surface area contributed by atoms with Crippen LogP contribution in [0.2, 0.25) is 0 Å². The van der Waals surface area contributed by atoms with Gasteiger partial charge in [0.25, 0.3) is 0 Å². The maximum Gasteiger partial charge on any atom is 0.238 e. The summed E-state index contributed by atoms with van der Waals surface area (Å²) in [5.74, 6) is 0.232. The molecule has 0 radical (unpaired) electrons. The average Bonchev–Trinajstić information content (AvgIpc) is 2.47. The van der Waals surface area contributed by atoms with Crippen LogP contribution in [0.5, 0.6) is 0 Å². The molecular weight excluding hydrogens is 258 g/mol. The molecule has 1 heterocycles. The summed E-state index contributed by atoms with van der Waals surface area (Å²) in [5.41, 5.74) is 2.47. The van der Waals surface area contributed by atoms with Crippen LogP contribution >= 0.6 is 15.9 Å². The average molecular weight is 274 g/mol. The van der Waals surface area contributed by atoms with E-state index in [4.69, 9.17) is 0 Å². The van der Waals surface area contributed by atoms with Gasteiger partial charge < -0.3 is 5.32 Å². The number of amides is 1. The number of anilines is 1. The van der Waals surface area contributed by atoms with E-state index in [2.05, 4.69) is 31.4 Å². The summed E-state index contributed by atoms with van der Waals surface area (Å²) in [5, 5.41) is 9.71. The maximum absolute atomic E-state index is 11.8. The highest BCUT2D eigenvalue weighted by Crippen LogP contribution is 2.19. The van der Waals surface area contributed by atoms with Crippen molar-refractivity contribution in [3.05, 3.63) is 11.4 Å². The summed E-state index contributed by atoms with van der Waals surface area (Å²) in [6.45, 7) is 7.73. The second-order valence-electron chi connectivity index (χ2n) is 3.94. The molecule has 0 spiro atoms. The molecule has 1 rings (SSSR count). The first-order chi connectivity index (χ1) is 6.93. The van der Waals surface area contributed by atoms with Gasteiger partial charge in [-0.25, -0.2) is 0 Å². The molecule has 0 bridgehead atoms. The molecule has 5 heteroatoms. The van der Waals surface area contributed by atoms with Crippen molar-refractivity contribution < 1.29 is 4.79 Å². The van der Waals surface area contributed by atoms with Gasteiger partial charge in [-0.3, -0.25) is 9.89 Å². The first-order valence-corrected chi connectivity index (χ1v) is 5.81. The number of aromatic amines is 1. The zero-order chi connectivity index (χ0) is 11.6. The van der Waals surface area contributed by atoms with E-state index in [-0.39, 0.29) is 16.7 Å². The third kappa shape index (κ3) is 2.81. The zero-order valence-corrected chi connectivity index (χ0v) is 11.0. The molecule has 0 fully saturated rings. The Bertz CT molecular complexity index is 340. The fraction of sp³-hybridized carbons (Fsp3) is 0.600. The molecule has 0 saturated heterocycles. The lowest BCUT2D eigenvalue weighted by Crippen LogP contribution is -2.27. The molecule has 0 saturated carbocycles. The number of nitrogens with zero attached hydrogens (tertiary/aromatic N) is 1. The monoisotopic (exact) mass is 273 g/mol. The Morgan fingerprint density at radius 3 is 2.47 bits per heavy atom. The van der Waals surface area contributed by atoms with Gasteiger partial charge >= 0.3 is 0 Å². The van der Waals surface area contributed by atoms with Gasteiger partial charge in [0, 0.05) is 0 Å². The van der Waals surface area contributed by atoms with Gasteiger partial charge in [0.05, 0.1) is 21.9 Å². The fourth-order valence-electron chi connectivity index (χ4n) is 1.23. The normalized spacial score (nSPS) is 12.9. The Morgan fingerprint density at radius 1 is 1.47 bits per heavy atom. The zero-order valence-electron chi connectivity index (χ0n) is 9.39. The van der Waals surface area contributed by atoms with Crippen molar-refractivity contribution in [3.8, 4) is 0 Å². The Kier molecular flexibility index (Phi) is 3.90. The third-order valence-corrected chi connectivity index (χ3v) is 3.69. The minimum absolute atomic E-state index is 0.0300. The van der Waals surface area contributed by atoms with Crippen molar-refractivity contribution in [1.29, 1.82) is 0 Å². The van der Waals surface area contributed by atoms with Crippen LogP contribution < -0.4 is 5.32 Å². The number of rotatable bonds is 3. The number of H-pyrrole nitrogens is 1. The van der Waals surface area contributed by atoms with Gasteiger partial charge in [0.1, 0.15) is 0 Å². The Balaban J connectivity index is 2.75. The number of halogens is 1. The number of alkyl halides is 1. The molecule has 0 aliphatic heterocycles. The van der Waals surface area contributed by atoms with Crippen molar-refractivity contribution in [1.82, 2.24) is 10.2 Å². The summed E-state index contributed by atoms with van der Waals surface area (Å²) in [4.78, 5) is 11.6. The first kappa shape index (κ1) is 12.2. The SMILES string of the molecule is Cc1n[nH]c(C)c1NC(=O)C(Br)C(C)C. The molecule has 1 atom stereocenters. The van der Waals surface area contributed by atoms with E-state index in [1.54, 1.807) is 0 Å². The summed E-state index contributed by atoms with van der Waals surface area (Å²) in [6, 6.07) is 0. The van der Waals surface area contributed by atoms with Crippen molar-refractivity contribution in [2.75, 3.05) is 5.32 Å². The highest BCUT2D eigenvalue weighted by molar-refractivity contribution is 9.10. The highest BCUT2D eigenvalue weighted by Gasteiger charge is 2.20. The van der Waals surface area contributed by atoms with Crippen LogP contribution in [-0.4, -0.2) is 20.9 Å². The molecule has 84 valence electrons. The number of carbonyl (C=O) groups is 1. The van der Waals surface area contributed by atoms with Crippen LogP contribution in [0, 0.1) is 19.8 Å². The number of aryl methyl sites for hydroxylation is 2. The first-order valence-electron chi connectivity index (χ1n) is 4.90. The number of hydrogen-bond acceptors (Lipinski definition) is 2. The van der Waals surface area contributed by atoms with Gasteiger partial charge in [-0.15, -0.1) is 0 Å². The minimum atomic E-state index is -0.175. The van der Waals surface area contributed by atoms with Crippen molar-refractivity contribution in [3.63, 3.8) is 0 Å². The van der Waals surface area contributed by atoms with Crippen LogP contribution in [0.15, 0.2) is 0 Å². The van der Waals surface area contributed by atoms with Crippen molar-refractivity contribution in [2.24, 2.45) is 5.92 Å². The Hall–Kier alpha value is -0.840. The summed E-state index contributed by atoms with van der Waals surface area (Å²) >= 11 is 3.36. The topological polar surface area (TPSA) is 57.8 Å². The molecule has 0 aliphatic rings. The predicted octanol–water partition coefficient (Wildman–Crippen LogP) is 2.38. The predicted molar refractivity (Wildman–Crippen MR) is 64.2 cm³/mol. The van der Waals surface area contributed by atoms with Gasteiger partial charge in [-0.05, 0) is 19.8 Å². The molecular formula is C10H16BrN3O. The maximum atomic E-state index is 11.8. The number of hydrogen-bond donors (Lipinski definition) is 2. The summed E-state index contributed by atoms with van der Waals surface area (Å²) in [7, 11) is 0. The van der Waals surface area contributed by atoms with E-state index < -0.39 is 0 Å². The molecule has 1 unspecified atom stereocenters. The summed E-state index contributed by atoms with van der Waals surface area (Å²) < 4.78 is 0. The van der Waals surface area contributed by atoms with Gasteiger partial charge in [0.2, 0.25) is 5.91 Å². The van der Waals surface area contributed by atoms with E-state index >= 15 is 0 Å². The van der Waals surface area contributed by atoms with Crippen molar-refractivity contribution in [2.45, 2.75) is 32.5 Å². The number of aromatic nitrogens is 2. The Morgan fingerprint density at radius 2 is 2.07 bits per heavy atom. The smallest absolute Gasteiger partial charge is 0.238 e. The fourth-order valence-corrected chi connectivity index (χ4v) is 1.34. The van der Waals surface area contributed by atoms with E-state index in [0.29, 0.717) is 0 Å². The number of carbonyl (C=O) groups excluding carboxylic acids is 1. The molecule has 0 aliphatic carbocycles. The molecule has 1 aromatic rings. The van der Waals surface area contributed by atoms with Gasteiger partial charge in [-0.2, -0.15) is 5.10 Å². The lowest BCUT2D eigenvalue weighted by atomic mass is 10.1. The molecule has 15 heavy (non-hydrogen) atoms. The second kappa shape index (κ2) is 4.79. The molecule has 0 aromatic carbocycles. The molecule has 1 aromatic heterocycles. The third-order valence-electron chi connectivity index (χ3n) is 2.21. The van der Waals surface area contributed by atoms with E-state index in [1.807, 2.05) is 27.7 Å². The quantitative estimate of drug-likeness (QED) is 0.831. The van der Waals surface area contributed by atoms with E-state index in [9.17, 15) is 4.79 Å². The van der Waals surface area contributed by atoms with Crippen LogP contribution in [0.4, 0.5) is 5.69 Å². The van der Waals surface area contributed by atoms with E-state index in [0.717, 1.165) is 17.1 Å². The van der Waals surface area contributed by atoms with E-state index in [1.165, 1.54) is 0 Å². The number of nitrogens with one attached hydrogen (secondary N) is 2. The minimum Gasteiger partial charge on any atom is -0.322 e. The molecule has 1 amide bonds. The van der Waals surface area contributed by atoms with Crippen LogP contribution in [-0.2, 0) is 4.79 Å². The summed E-state index contributed by atoms with van der Waals surface area (Å²) in [6.07, 6.45) is 0. The van der Waals surface area contributed by atoms with Crippen molar-refractivity contribution >= 4 is 27.5 Å². The second-order valence-corrected chi connectivity index (χ2v) is 4.93. The molecule has 4 nitrogen and oxygen atoms in total. The Labute approximate surface area is 98.0 Å². The standard InChI is InChI=1S/C10H16BrN3O/c1-5(2)8(11)10(15)12-9-6(3)13-14-7(9)4/h5,8H,1-4H3,(H,12,15)(H,13,14).